The van der Waals surface area contributed by atoms with Gasteiger partial charge in [0.25, 0.3) is 0 Å². The van der Waals surface area contributed by atoms with E-state index in [1.54, 1.807) is 13.8 Å². The normalized spacial score (nSPS) is 20.8. The average Bonchev–Trinajstić information content (AvgIpc) is 1.67. The van der Waals surface area contributed by atoms with Crippen LogP contribution in [0.25, 0.3) is 0 Å². The number of halogens is 6. The topological polar surface area (TPSA) is 139 Å². The summed E-state index contributed by atoms with van der Waals surface area (Å²) in [5, 5.41) is 37.4. The van der Waals surface area contributed by atoms with Gasteiger partial charge in [-0.1, -0.05) is 296 Å². The summed E-state index contributed by atoms with van der Waals surface area (Å²) in [5.74, 6) is 5.82. The van der Waals surface area contributed by atoms with E-state index in [0.717, 1.165) is 79.1 Å². The number of hydrogen-bond donors (Lipinski definition) is 11. The van der Waals surface area contributed by atoms with Crippen LogP contribution in [0.2, 0.25) is 0 Å². The molecule has 8 rings (SSSR count). The highest BCUT2D eigenvalue weighted by Gasteiger charge is 2.48. The van der Waals surface area contributed by atoms with Gasteiger partial charge in [0.05, 0.1) is 5.54 Å². The van der Waals surface area contributed by atoms with Crippen molar-refractivity contribution in [2.75, 3.05) is 14.1 Å². The summed E-state index contributed by atoms with van der Waals surface area (Å²) in [5.41, 5.74) is 1.04. The maximum atomic E-state index is 12.1. The van der Waals surface area contributed by atoms with Crippen LogP contribution >= 0.6 is 34.8 Å². The highest BCUT2D eigenvalue weighted by Crippen LogP contribution is 2.51. The number of fused-ring (bicyclic) bond motifs is 4. The van der Waals surface area contributed by atoms with E-state index in [1.807, 2.05) is 27.7 Å². The molecule has 8 fully saturated rings. The minimum Gasteiger partial charge on any atom is -0.312 e. The molecule has 0 aliphatic heterocycles. The molecule has 8 aliphatic carbocycles. The summed E-state index contributed by atoms with van der Waals surface area (Å²) in [7, 11) is 4.39. The average molecular weight is 1980 g/mol. The first-order valence-electron chi connectivity index (χ1n) is 54.8. The second-order valence-corrected chi connectivity index (χ2v) is 56.4. The van der Waals surface area contributed by atoms with Crippen LogP contribution in [0.5, 0.6) is 0 Å². The molecular weight excluding hydrogens is 1730 g/mol. The summed E-state index contributed by atoms with van der Waals surface area (Å²) in [6.45, 7) is 120. The van der Waals surface area contributed by atoms with Crippen LogP contribution in [0.15, 0.2) is 0 Å². The minimum absolute atomic E-state index is 0.161. The molecule has 0 amide bonds. The van der Waals surface area contributed by atoms with Gasteiger partial charge >= 0.3 is 6.18 Å². The van der Waals surface area contributed by atoms with Crippen LogP contribution in [0.3, 0.4) is 0 Å². The Balaban J connectivity index is -0.000000330. The Labute approximate surface area is 855 Å². The van der Waals surface area contributed by atoms with Crippen molar-refractivity contribution < 1.29 is 13.2 Å². The molecule has 0 heterocycles. The van der Waals surface area contributed by atoms with E-state index in [4.69, 9.17) is 34.8 Å². The van der Waals surface area contributed by atoms with Crippen LogP contribution in [0.4, 0.5) is 13.2 Å². The first-order valence-corrected chi connectivity index (χ1v) is 55.9. The molecule has 0 spiro atoms. The number of rotatable bonds is 27. The van der Waals surface area contributed by atoms with Crippen molar-refractivity contribution in [2.24, 2.45) is 51.8 Å². The first kappa shape index (κ1) is 145. The molecule has 19 heteroatoms. The molecule has 8 aliphatic rings. The van der Waals surface area contributed by atoms with Crippen molar-refractivity contribution >= 4 is 34.8 Å². The fraction of sp³-hybridized carbons (Fsp3) is 1.00. The van der Waals surface area contributed by atoms with Gasteiger partial charge in [0, 0.05) is 142 Å². The maximum absolute atomic E-state index is 12.1. The van der Waals surface area contributed by atoms with Crippen molar-refractivity contribution in [1.29, 1.82) is 0 Å². The molecule has 0 aromatic carbocycles. The fourth-order valence-electron chi connectivity index (χ4n) is 17.1. The third-order valence-electron chi connectivity index (χ3n) is 28.6. The molecule has 7 unspecified atom stereocenters. The zero-order valence-corrected chi connectivity index (χ0v) is 103. The second kappa shape index (κ2) is 66.4. The molecule has 0 aromatic rings. The predicted molar refractivity (Wildman–Crippen MR) is 605 cm³/mol. The minimum atomic E-state index is -4.18. The van der Waals surface area contributed by atoms with Gasteiger partial charge in [0.15, 0.2) is 0 Å². The number of alkyl halides is 6. The standard InChI is InChI=1S/2C10H19N.C10H23N.2C9H21N.2C8H17N.2C8H19N.C7H14Cl3N.C7H14F3N.C7H15N.C7H17N.C7H14/c2*1-7(2)11-10-6-8-3-4-9(10)5-8;1-8(2)11-10(6,7)9(3,4)5;1-7(2)10-8(3)9(4,5)6;1-7(2)9(5,6)10-8(3)4;1-7(2)9(3)8-5-4-6-8;1-7(2)9-8(3)5-4-6-8;1-7(2)9(6)8(3,4)5;1-6-8(4,5)9-7(2)3;2*1-5(2)11-6(3,4)7(8,9)10;1-6(2)8-7-4-3-5-7;1-6(2)8-7(3,4)5;1-6(2)7(3)4-5-7/h2*7-11H,3-6H2,1-2H3;8,11H,1-7H3;2*7-8,10H,1-6H3;7-8H,4-6H2,1-3H3;7,9H,4-6H2,1-3H3;7H,1-6H3;7,9H,6H2,1-5H3;2*5,11H,1-4H3;6-8H,3-5H2,1-2H3;6,8H,1-5H3;6H,4-5H2,1-3H3. The predicted octanol–water partition coefficient (Wildman–Crippen LogP) is 31.3. The molecule has 11 N–H and O–H groups in total. The lowest BCUT2D eigenvalue weighted by Crippen LogP contribution is -2.54. The molecule has 4 bridgehead atoms. The van der Waals surface area contributed by atoms with E-state index >= 15 is 0 Å². The smallest absolute Gasteiger partial charge is 0.312 e. The lowest BCUT2D eigenvalue weighted by molar-refractivity contribution is -0.187. The Bertz CT molecular complexity index is 2670. The summed E-state index contributed by atoms with van der Waals surface area (Å²) in [6.07, 6.45) is 24.6. The van der Waals surface area contributed by atoms with Crippen molar-refractivity contribution in [3.05, 3.63) is 0 Å². The van der Waals surface area contributed by atoms with E-state index in [-0.39, 0.29) is 22.7 Å². The Kier molecular flexibility index (Phi) is 71.7. The van der Waals surface area contributed by atoms with Gasteiger partial charge in [0.2, 0.25) is 3.79 Å². The zero-order valence-electron chi connectivity index (χ0n) is 101. The SMILES string of the molecule is CC(C)C1(C)CC1.CC(C)N(C)C(C)(C)C.CC(C)N(C)C1CCC1.CC(C)NC(C)(C)C.CC(C)NC(C)(C)C(C)(C)C.CC(C)NC(C)(C)C(C)C.CC(C)NC(C)(C)C(Cl)(Cl)Cl.CC(C)NC(C)(C)C(F)(F)F.CC(C)NC(C)C(C)(C)C.CC(C)NC1(C)CCC1.CC(C)NC1CC2CCC1C2.CC(C)NC1CC2CCC1C2.CC(C)NC1CCC1.CCC(C)(C)NC(C)C. The molecule has 7 atom stereocenters. The molecule has 816 valence electrons. The molecule has 0 radical (unpaired) electrons. The van der Waals surface area contributed by atoms with E-state index < -0.39 is 21.0 Å². The van der Waals surface area contributed by atoms with Gasteiger partial charge in [-0.15, -0.1) is 0 Å². The van der Waals surface area contributed by atoms with Crippen molar-refractivity contribution in [3.8, 4) is 0 Å². The lowest BCUT2D eigenvalue weighted by atomic mass is 9.76. The van der Waals surface area contributed by atoms with E-state index in [0.29, 0.717) is 106 Å². The lowest BCUT2D eigenvalue weighted by Gasteiger charge is -2.41. The van der Waals surface area contributed by atoms with Crippen LogP contribution in [0, 0.1) is 51.8 Å². The van der Waals surface area contributed by atoms with Crippen molar-refractivity contribution in [2.45, 2.75) is 679 Å². The van der Waals surface area contributed by atoms with Gasteiger partial charge in [0.1, 0.15) is 5.54 Å². The summed E-state index contributed by atoms with van der Waals surface area (Å²) in [4.78, 5) is 4.83. The van der Waals surface area contributed by atoms with Crippen LogP contribution in [-0.2, 0) is 0 Å². The molecule has 0 aromatic heterocycles. The monoisotopic (exact) mass is 1970 g/mol. The second-order valence-electron chi connectivity index (χ2n) is 54.1. The van der Waals surface area contributed by atoms with E-state index in [9.17, 15) is 13.2 Å². The van der Waals surface area contributed by atoms with E-state index in [2.05, 4.69) is 415 Å². The largest absolute Gasteiger partial charge is 0.406 e. The highest BCUT2D eigenvalue weighted by atomic mass is 35.6. The summed E-state index contributed by atoms with van der Waals surface area (Å²) < 4.78 is 35.1. The maximum Gasteiger partial charge on any atom is 0.406 e. The van der Waals surface area contributed by atoms with Crippen LogP contribution in [-0.4, -0.2) is 187 Å². The van der Waals surface area contributed by atoms with Crippen molar-refractivity contribution in [1.82, 2.24) is 68.3 Å². The molecule has 0 saturated heterocycles. The zero-order chi connectivity index (χ0) is 107. The molecule has 8 saturated carbocycles. The third-order valence-corrected chi connectivity index (χ3v) is 30.0. The van der Waals surface area contributed by atoms with Crippen molar-refractivity contribution in [3.63, 3.8) is 0 Å². The van der Waals surface area contributed by atoms with Gasteiger partial charge in [-0.2, -0.15) is 13.2 Å². The van der Waals surface area contributed by atoms with Crippen LogP contribution < -0.4 is 58.5 Å². The highest BCUT2D eigenvalue weighted by molar-refractivity contribution is 6.68. The number of nitrogens with zero attached hydrogens (tertiary/aromatic N) is 2. The van der Waals surface area contributed by atoms with Crippen LogP contribution in [0.1, 0.15) is 516 Å². The van der Waals surface area contributed by atoms with Gasteiger partial charge in [-0.05, 0) is 321 Å². The quantitative estimate of drug-likeness (QED) is 0.0356. The van der Waals surface area contributed by atoms with Gasteiger partial charge in [-0.3, -0.25) is 4.90 Å². The van der Waals surface area contributed by atoms with E-state index in [1.165, 1.54) is 128 Å². The summed E-state index contributed by atoms with van der Waals surface area (Å²) in [6, 6.07) is 11.2. The third kappa shape index (κ3) is 73.2. The van der Waals surface area contributed by atoms with Gasteiger partial charge < -0.3 is 63.4 Å². The fourth-order valence-corrected chi connectivity index (χ4v) is 17.2. The van der Waals surface area contributed by atoms with Gasteiger partial charge in [-0.25, -0.2) is 0 Å². The Morgan fingerprint density at radius 1 is 0.373 bits per heavy atom. The number of nitrogens with one attached hydrogen (secondary N) is 11. The molecular formula is C115H249Cl3F3N13. The Morgan fingerprint density at radius 2 is 0.731 bits per heavy atom. The first-order chi connectivity index (χ1) is 59.7. The Hall–Kier alpha value is 0.140. The Morgan fingerprint density at radius 3 is 0.836 bits per heavy atom. The molecule has 134 heavy (non-hydrogen) atoms. The molecule has 13 nitrogen and oxygen atoms in total. The number of hydrogen-bond acceptors (Lipinski definition) is 13. The summed E-state index contributed by atoms with van der Waals surface area (Å²) >= 11 is 17.2.